The van der Waals surface area contributed by atoms with Crippen LogP contribution in [-0.2, 0) is 11.3 Å². The Balaban J connectivity index is 1.26. The first-order chi connectivity index (χ1) is 16.1. The number of pyridine rings is 2. The predicted molar refractivity (Wildman–Crippen MR) is 122 cm³/mol. The van der Waals surface area contributed by atoms with Gasteiger partial charge in [0, 0.05) is 31.5 Å². The van der Waals surface area contributed by atoms with Crippen LogP contribution in [0.2, 0.25) is 0 Å². The number of nitrogens with one attached hydrogen (secondary N) is 3. The number of thiazole rings is 1. The number of hydrogen-bond donors (Lipinski definition) is 4. The van der Waals surface area contributed by atoms with Crippen molar-refractivity contribution in [1.82, 2.24) is 35.1 Å². The van der Waals surface area contributed by atoms with E-state index in [1.165, 1.54) is 23.6 Å². The molecular formula is C21H21FN8O2S. The van der Waals surface area contributed by atoms with Gasteiger partial charge in [0.15, 0.2) is 5.13 Å². The second-order valence-corrected chi connectivity index (χ2v) is 8.59. The number of anilines is 2. The minimum Gasteiger partial charge on any atom is -0.391 e. The number of imidazole rings is 1. The zero-order valence-corrected chi connectivity index (χ0v) is 18.2. The molecule has 0 bridgehead atoms. The Hall–Kier alpha value is -3.48. The first-order valence-corrected chi connectivity index (χ1v) is 11.2. The van der Waals surface area contributed by atoms with Crippen molar-refractivity contribution in [1.29, 1.82) is 0 Å². The molecule has 12 heteroatoms. The molecule has 2 unspecified atom stereocenters. The Morgan fingerprint density at radius 2 is 2.21 bits per heavy atom. The maximum Gasteiger partial charge on any atom is 0.239 e. The second kappa shape index (κ2) is 9.17. The number of aromatic nitrogens is 5. The Labute approximate surface area is 191 Å². The van der Waals surface area contributed by atoms with E-state index in [-0.39, 0.29) is 11.6 Å². The molecule has 4 aromatic heterocycles. The van der Waals surface area contributed by atoms with Crippen LogP contribution >= 0.6 is 11.3 Å². The monoisotopic (exact) mass is 468 g/mol. The average molecular weight is 469 g/mol. The van der Waals surface area contributed by atoms with E-state index in [0.29, 0.717) is 41.9 Å². The number of carbonyl (C=O) groups excluding carboxylic acids is 1. The van der Waals surface area contributed by atoms with Crippen LogP contribution in [0, 0.1) is 5.82 Å². The van der Waals surface area contributed by atoms with Crippen molar-refractivity contribution in [3.8, 4) is 10.6 Å². The molecule has 1 aliphatic rings. The molecule has 1 saturated heterocycles. The highest BCUT2D eigenvalue weighted by Crippen LogP contribution is 2.30. The third kappa shape index (κ3) is 4.53. The number of amides is 1. The lowest BCUT2D eigenvalue weighted by Gasteiger charge is -2.15. The van der Waals surface area contributed by atoms with E-state index in [1.54, 1.807) is 24.8 Å². The van der Waals surface area contributed by atoms with Gasteiger partial charge in [-0.05, 0) is 25.1 Å². The third-order valence-electron chi connectivity index (χ3n) is 5.36. The highest BCUT2D eigenvalue weighted by molar-refractivity contribution is 7.18. The van der Waals surface area contributed by atoms with Gasteiger partial charge in [0.1, 0.15) is 28.9 Å². The minimum atomic E-state index is -0.653. The topological polar surface area (TPSA) is 130 Å². The quantitative estimate of drug-likeness (QED) is 0.322. The molecule has 0 aliphatic carbocycles. The van der Waals surface area contributed by atoms with Crippen LogP contribution in [0.1, 0.15) is 6.42 Å². The summed E-state index contributed by atoms with van der Waals surface area (Å²) in [4.78, 5) is 29.9. The Bertz CT molecular complexity index is 1290. The molecule has 1 amide bonds. The highest BCUT2D eigenvalue weighted by atomic mass is 32.1. The van der Waals surface area contributed by atoms with E-state index in [9.17, 15) is 14.3 Å². The fourth-order valence-electron chi connectivity index (χ4n) is 3.69. The summed E-state index contributed by atoms with van der Waals surface area (Å²) in [7, 11) is 0. The molecule has 5 rings (SSSR count). The molecule has 1 fully saturated rings. The normalized spacial score (nSPS) is 18.0. The molecule has 2 atom stereocenters. The molecular weight excluding hydrogens is 447 g/mol. The molecule has 170 valence electrons. The van der Waals surface area contributed by atoms with Gasteiger partial charge in [0.2, 0.25) is 5.91 Å². The first kappa shape index (κ1) is 21.4. The molecule has 4 aromatic rings. The molecule has 5 heterocycles. The van der Waals surface area contributed by atoms with Crippen molar-refractivity contribution in [2.24, 2.45) is 0 Å². The summed E-state index contributed by atoms with van der Waals surface area (Å²) >= 11 is 1.27. The summed E-state index contributed by atoms with van der Waals surface area (Å²) < 4.78 is 15.9. The largest absolute Gasteiger partial charge is 0.391 e. The van der Waals surface area contributed by atoms with Gasteiger partial charge >= 0.3 is 0 Å². The van der Waals surface area contributed by atoms with Gasteiger partial charge < -0.3 is 25.6 Å². The number of halogens is 1. The van der Waals surface area contributed by atoms with Crippen molar-refractivity contribution in [3.05, 3.63) is 48.9 Å². The number of rotatable bonds is 7. The van der Waals surface area contributed by atoms with Crippen molar-refractivity contribution >= 4 is 39.2 Å². The van der Waals surface area contributed by atoms with Gasteiger partial charge in [0.25, 0.3) is 0 Å². The summed E-state index contributed by atoms with van der Waals surface area (Å²) in [6, 6.07) is 4.18. The standard InChI is InChI=1S/C21H21FN8O2S/c22-12-2-1-4-23-18(12)16-10-27-21(33-16)29-17-8-14-13(9-26-17)28-11-30(14)7-6-25-20(32)19-15(31)3-5-24-19/h1-2,4,8-11,15,19,24,31H,3,5-7H2,(H,25,32)(H,26,27,29). The summed E-state index contributed by atoms with van der Waals surface area (Å²) in [5.41, 5.74) is 1.82. The van der Waals surface area contributed by atoms with Gasteiger partial charge in [-0.15, -0.1) is 0 Å². The molecule has 0 radical (unpaired) electrons. The molecule has 0 saturated carbocycles. The maximum absolute atomic E-state index is 14.0. The van der Waals surface area contributed by atoms with Crippen molar-refractivity contribution in [2.45, 2.75) is 25.1 Å². The number of hydrogen-bond acceptors (Lipinski definition) is 9. The number of aliphatic hydroxyl groups excluding tert-OH is 1. The Morgan fingerprint density at radius 3 is 3.03 bits per heavy atom. The van der Waals surface area contributed by atoms with Gasteiger partial charge in [-0.1, -0.05) is 11.3 Å². The van der Waals surface area contributed by atoms with Crippen LogP contribution in [0.25, 0.3) is 21.6 Å². The van der Waals surface area contributed by atoms with Crippen LogP contribution in [0.5, 0.6) is 0 Å². The van der Waals surface area contributed by atoms with E-state index in [4.69, 9.17) is 0 Å². The fraction of sp³-hybridized carbons (Fsp3) is 0.286. The lowest BCUT2D eigenvalue weighted by Crippen LogP contribution is -2.46. The number of nitrogens with zero attached hydrogens (tertiary/aromatic N) is 5. The van der Waals surface area contributed by atoms with Crippen molar-refractivity contribution < 1.29 is 14.3 Å². The van der Waals surface area contributed by atoms with Gasteiger partial charge in [-0.2, -0.15) is 0 Å². The molecule has 1 aliphatic heterocycles. The lowest BCUT2D eigenvalue weighted by atomic mass is 10.1. The van der Waals surface area contributed by atoms with E-state index in [2.05, 4.69) is 35.9 Å². The highest BCUT2D eigenvalue weighted by Gasteiger charge is 2.30. The number of fused-ring (bicyclic) bond motifs is 1. The lowest BCUT2D eigenvalue weighted by molar-refractivity contribution is -0.124. The predicted octanol–water partition coefficient (Wildman–Crippen LogP) is 1.67. The van der Waals surface area contributed by atoms with Crippen molar-refractivity contribution in [2.75, 3.05) is 18.4 Å². The third-order valence-corrected chi connectivity index (χ3v) is 6.28. The van der Waals surface area contributed by atoms with E-state index >= 15 is 0 Å². The summed E-state index contributed by atoms with van der Waals surface area (Å²) in [5.74, 6) is -0.0484. The van der Waals surface area contributed by atoms with E-state index < -0.39 is 18.0 Å². The zero-order valence-electron chi connectivity index (χ0n) is 17.4. The van der Waals surface area contributed by atoms with Crippen LogP contribution in [-0.4, -0.2) is 60.8 Å². The Kier molecular flexibility index (Phi) is 5.94. The van der Waals surface area contributed by atoms with Gasteiger partial charge in [-0.25, -0.2) is 19.3 Å². The van der Waals surface area contributed by atoms with Crippen molar-refractivity contribution in [3.63, 3.8) is 0 Å². The SMILES string of the molecule is O=C(NCCn1cnc2cnc(Nc3ncc(-c4ncccc4F)s3)cc21)C1NCCC1O. The smallest absolute Gasteiger partial charge is 0.239 e. The van der Waals surface area contributed by atoms with Gasteiger partial charge in [-0.3, -0.25) is 9.78 Å². The first-order valence-electron chi connectivity index (χ1n) is 10.4. The molecule has 0 aromatic carbocycles. The molecule has 4 N–H and O–H groups in total. The molecule has 0 spiro atoms. The summed E-state index contributed by atoms with van der Waals surface area (Å²) in [5, 5.41) is 19.4. The van der Waals surface area contributed by atoms with Crippen LogP contribution in [0.4, 0.5) is 15.3 Å². The fourth-order valence-corrected chi connectivity index (χ4v) is 4.51. The van der Waals surface area contributed by atoms with Crippen LogP contribution < -0.4 is 16.0 Å². The maximum atomic E-state index is 14.0. The number of aliphatic hydroxyl groups is 1. The van der Waals surface area contributed by atoms with E-state index in [0.717, 1.165) is 11.0 Å². The zero-order chi connectivity index (χ0) is 22.8. The number of carbonyl (C=O) groups is 1. The molecule has 33 heavy (non-hydrogen) atoms. The van der Waals surface area contributed by atoms with Crippen LogP contribution in [0.3, 0.4) is 0 Å². The molecule has 10 nitrogen and oxygen atoms in total. The Morgan fingerprint density at radius 1 is 1.30 bits per heavy atom. The van der Waals surface area contributed by atoms with E-state index in [1.807, 2.05) is 10.6 Å². The summed E-state index contributed by atoms with van der Waals surface area (Å²) in [6.07, 6.45) is 6.37. The average Bonchev–Trinajstić information content (AvgIpc) is 3.54. The summed E-state index contributed by atoms with van der Waals surface area (Å²) in [6.45, 7) is 1.53. The second-order valence-electron chi connectivity index (χ2n) is 7.56. The minimum absolute atomic E-state index is 0.211. The van der Waals surface area contributed by atoms with Crippen LogP contribution in [0.15, 0.2) is 43.1 Å². The van der Waals surface area contributed by atoms with Gasteiger partial charge in [0.05, 0.1) is 29.0 Å².